The lowest BCUT2D eigenvalue weighted by molar-refractivity contribution is -0.146. The number of hydrogen-bond acceptors (Lipinski definition) is 3. The van der Waals surface area contributed by atoms with Crippen LogP contribution in [-0.2, 0) is 27.2 Å². The number of esters is 1. The molecule has 1 unspecified atom stereocenters. The van der Waals surface area contributed by atoms with Crippen LogP contribution in [-0.4, -0.2) is 24.5 Å². The van der Waals surface area contributed by atoms with Crippen LogP contribution in [0.25, 0.3) is 0 Å². The Kier molecular flexibility index (Phi) is 6.77. The molecule has 1 N–H and O–H groups in total. The summed E-state index contributed by atoms with van der Waals surface area (Å²) < 4.78 is 4.84. The van der Waals surface area contributed by atoms with Crippen LogP contribution in [0.15, 0.2) is 24.3 Å². The fourth-order valence-electron chi connectivity index (χ4n) is 1.84. The van der Waals surface area contributed by atoms with Gasteiger partial charge in [0.1, 0.15) is 6.04 Å². The molecule has 0 fully saturated rings. The average Bonchev–Trinajstić information content (AvgIpc) is 2.45. The largest absolute Gasteiger partial charge is 0.464 e. The fraction of sp³-hybridized carbons (Fsp3) is 0.500. The number of carbonyl (C=O) groups excluding carboxylic acids is 2. The van der Waals surface area contributed by atoms with E-state index in [4.69, 9.17) is 4.74 Å². The summed E-state index contributed by atoms with van der Waals surface area (Å²) in [5.74, 6) is -0.529. The number of amides is 1. The van der Waals surface area contributed by atoms with Crippen LogP contribution in [0.5, 0.6) is 0 Å². The van der Waals surface area contributed by atoms with Gasteiger partial charge in [0.05, 0.1) is 6.61 Å². The predicted octanol–water partition coefficient (Wildman–Crippen LogP) is 2.25. The molecule has 0 spiro atoms. The zero-order valence-corrected chi connectivity index (χ0v) is 12.4. The molecule has 1 aromatic rings. The van der Waals surface area contributed by atoms with Gasteiger partial charge >= 0.3 is 5.97 Å². The van der Waals surface area contributed by atoms with Gasteiger partial charge in [-0.3, -0.25) is 4.79 Å². The molecule has 1 rings (SSSR count). The van der Waals surface area contributed by atoms with Gasteiger partial charge in [0.25, 0.3) is 0 Å². The minimum absolute atomic E-state index is 0.134. The summed E-state index contributed by atoms with van der Waals surface area (Å²) in [6.07, 6.45) is 2.05. The highest BCUT2D eigenvalue weighted by atomic mass is 16.5. The van der Waals surface area contributed by atoms with Gasteiger partial charge in [0.2, 0.25) is 5.91 Å². The molecule has 0 aromatic heterocycles. The molecule has 20 heavy (non-hydrogen) atoms. The molecule has 0 radical (unpaired) electrons. The van der Waals surface area contributed by atoms with Crippen molar-refractivity contribution in [3.63, 3.8) is 0 Å². The summed E-state index contributed by atoms with van der Waals surface area (Å²) in [7, 11) is 0. The number of carbonyl (C=O) groups is 2. The first kappa shape index (κ1) is 16.2. The zero-order valence-electron chi connectivity index (χ0n) is 12.4. The summed E-state index contributed by atoms with van der Waals surface area (Å²) in [4.78, 5) is 23.1. The van der Waals surface area contributed by atoms with E-state index in [1.54, 1.807) is 13.8 Å². The number of hydrogen-bond donors (Lipinski definition) is 1. The monoisotopic (exact) mass is 277 g/mol. The van der Waals surface area contributed by atoms with Gasteiger partial charge in [0.15, 0.2) is 0 Å². The molecule has 0 aliphatic rings. The lowest BCUT2D eigenvalue weighted by atomic mass is 10.1. The van der Waals surface area contributed by atoms with Crippen LogP contribution in [0.4, 0.5) is 0 Å². The smallest absolute Gasteiger partial charge is 0.328 e. The third-order valence-electron chi connectivity index (χ3n) is 3.09. The minimum atomic E-state index is -0.593. The number of benzene rings is 1. The topological polar surface area (TPSA) is 55.4 Å². The van der Waals surface area contributed by atoms with Gasteiger partial charge in [-0.25, -0.2) is 4.79 Å². The van der Waals surface area contributed by atoms with Gasteiger partial charge in [0, 0.05) is 6.42 Å². The second-order valence-corrected chi connectivity index (χ2v) is 4.71. The van der Waals surface area contributed by atoms with Gasteiger partial charge in [-0.05, 0) is 37.8 Å². The van der Waals surface area contributed by atoms with Crippen molar-refractivity contribution >= 4 is 11.9 Å². The second kappa shape index (κ2) is 8.35. The van der Waals surface area contributed by atoms with Crippen LogP contribution in [0.1, 0.15) is 38.3 Å². The highest BCUT2D eigenvalue weighted by Crippen LogP contribution is 2.07. The molecule has 4 heteroatoms. The van der Waals surface area contributed by atoms with Gasteiger partial charge in [-0.2, -0.15) is 0 Å². The summed E-state index contributed by atoms with van der Waals surface area (Å²) >= 11 is 0. The Labute approximate surface area is 120 Å². The number of aryl methyl sites for hydroxylation is 2. The van der Waals surface area contributed by atoms with Crippen molar-refractivity contribution in [1.82, 2.24) is 5.32 Å². The van der Waals surface area contributed by atoms with Crippen LogP contribution >= 0.6 is 0 Å². The summed E-state index contributed by atoms with van der Waals surface area (Å²) in [5, 5.41) is 2.64. The maximum Gasteiger partial charge on any atom is 0.328 e. The van der Waals surface area contributed by atoms with E-state index < -0.39 is 12.0 Å². The third-order valence-corrected chi connectivity index (χ3v) is 3.09. The van der Waals surface area contributed by atoms with Crippen molar-refractivity contribution < 1.29 is 14.3 Å². The zero-order chi connectivity index (χ0) is 15.0. The molecule has 0 aliphatic carbocycles. The van der Waals surface area contributed by atoms with E-state index >= 15 is 0 Å². The van der Waals surface area contributed by atoms with Crippen LogP contribution in [0, 0.1) is 0 Å². The summed E-state index contributed by atoms with van der Waals surface area (Å²) in [6, 6.07) is 7.65. The number of rotatable bonds is 7. The first-order chi connectivity index (χ1) is 9.56. The Morgan fingerprint density at radius 2 is 1.75 bits per heavy atom. The molecule has 1 amide bonds. The Hall–Kier alpha value is -1.84. The molecule has 0 bridgehead atoms. The molecule has 0 heterocycles. The molecule has 1 atom stereocenters. The van der Waals surface area contributed by atoms with E-state index in [-0.39, 0.29) is 5.91 Å². The van der Waals surface area contributed by atoms with Crippen LogP contribution < -0.4 is 5.32 Å². The normalized spacial score (nSPS) is 11.8. The summed E-state index contributed by atoms with van der Waals surface area (Å²) in [6.45, 7) is 5.81. The highest BCUT2D eigenvalue weighted by molar-refractivity contribution is 5.84. The molecular formula is C16H23NO3. The van der Waals surface area contributed by atoms with E-state index in [1.165, 1.54) is 5.56 Å². The Morgan fingerprint density at radius 3 is 2.30 bits per heavy atom. The maximum absolute atomic E-state index is 11.7. The molecule has 0 saturated carbocycles. The van der Waals surface area contributed by atoms with E-state index in [1.807, 2.05) is 12.1 Å². The molecule has 110 valence electrons. The standard InChI is InChI=1S/C16H23NO3/c1-4-13-6-8-14(9-7-13)10-11-15(18)17-12(3)16(19)20-5-2/h6-9,12H,4-5,10-11H2,1-3H3,(H,17,18). The van der Waals surface area contributed by atoms with Crippen molar-refractivity contribution in [2.45, 2.75) is 46.1 Å². The molecule has 1 aromatic carbocycles. The van der Waals surface area contributed by atoms with Crippen molar-refractivity contribution in [1.29, 1.82) is 0 Å². The first-order valence-corrected chi connectivity index (χ1v) is 7.10. The molecule has 4 nitrogen and oxygen atoms in total. The van der Waals surface area contributed by atoms with Crippen LogP contribution in [0.3, 0.4) is 0 Å². The average molecular weight is 277 g/mol. The molecular weight excluding hydrogens is 254 g/mol. The lowest BCUT2D eigenvalue weighted by Crippen LogP contribution is -2.39. The second-order valence-electron chi connectivity index (χ2n) is 4.71. The number of ether oxygens (including phenoxy) is 1. The van der Waals surface area contributed by atoms with E-state index in [0.29, 0.717) is 19.4 Å². The lowest BCUT2D eigenvalue weighted by Gasteiger charge is -2.12. The Balaban J connectivity index is 2.37. The first-order valence-electron chi connectivity index (χ1n) is 7.10. The summed E-state index contributed by atoms with van der Waals surface area (Å²) in [5.41, 5.74) is 2.41. The minimum Gasteiger partial charge on any atom is -0.464 e. The van der Waals surface area contributed by atoms with Crippen molar-refractivity contribution in [2.24, 2.45) is 0 Å². The maximum atomic E-state index is 11.7. The van der Waals surface area contributed by atoms with Gasteiger partial charge < -0.3 is 10.1 Å². The van der Waals surface area contributed by atoms with Crippen molar-refractivity contribution in [2.75, 3.05) is 6.61 Å². The SMILES string of the molecule is CCOC(=O)C(C)NC(=O)CCc1ccc(CC)cc1. The van der Waals surface area contributed by atoms with Crippen LogP contribution in [0.2, 0.25) is 0 Å². The third kappa shape index (κ3) is 5.43. The van der Waals surface area contributed by atoms with E-state index in [9.17, 15) is 9.59 Å². The predicted molar refractivity (Wildman–Crippen MR) is 78.4 cm³/mol. The Morgan fingerprint density at radius 1 is 1.15 bits per heavy atom. The molecule has 0 aliphatic heterocycles. The van der Waals surface area contributed by atoms with Crippen molar-refractivity contribution in [3.05, 3.63) is 35.4 Å². The molecule has 0 saturated heterocycles. The fourth-order valence-corrected chi connectivity index (χ4v) is 1.84. The van der Waals surface area contributed by atoms with Gasteiger partial charge in [-0.1, -0.05) is 31.2 Å². The van der Waals surface area contributed by atoms with E-state index in [2.05, 4.69) is 24.4 Å². The highest BCUT2D eigenvalue weighted by Gasteiger charge is 2.16. The Bertz CT molecular complexity index is 440. The van der Waals surface area contributed by atoms with E-state index in [0.717, 1.165) is 12.0 Å². The van der Waals surface area contributed by atoms with Gasteiger partial charge in [-0.15, -0.1) is 0 Å². The quantitative estimate of drug-likeness (QED) is 0.778. The van der Waals surface area contributed by atoms with Crippen molar-refractivity contribution in [3.8, 4) is 0 Å². The number of nitrogens with one attached hydrogen (secondary N) is 1.